The van der Waals surface area contributed by atoms with E-state index in [0.717, 1.165) is 22.5 Å². The van der Waals surface area contributed by atoms with Crippen molar-refractivity contribution in [1.82, 2.24) is 9.97 Å². The molecule has 0 amide bonds. The minimum absolute atomic E-state index is 0.136. The van der Waals surface area contributed by atoms with Crippen molar-refractivity contribution in [2.24, 2.45) is 5.41 Å². The first-order chi connectivity index (χ1) is 9.49. The molecule has 0 fully saturated rings. The van der Waals surface area contributed by atoms with Gasteiger partial charge in [-0.3, -0.25) is 0 Å². The van der Waals surface area contributed by atoms with E-state index < -0.39 is 0 Å². The first kappa shape index (κ1) is 15.0. The van der Waals surface area contributed by atoms with Crippen LogP contribution in [0.3, 0.4) is 0 Å². The summed E-state index contributed by atoms with van der Waals surface area (Å²) in [5, 5.41) is 16.7. The molecule has 0 radical (unpaired) electrons. The predicted molar refractivity (Wildman–Crippen MR) is 85.7 cm³/mol. The van der Waals surface area contributed by atoms with Crippen LogP contribution >= 0.6 is 11.3 Å². The fourth-order valence-corrected chi connectivity index (χ4v) is 2.74. The SMILES string of the molecule is CCc1cc2c(NCC(C)(C)CO)nc(NC)nc2s1. The quantitative estimate of drug-likeness (QED) is 0.764. The van der Waals surface area contributed by atoms with Crippen LogP contribution in [0.2, 0.25) is 0 Å². The van der Waals surface area contributed by atoms with Crippen molar-refractivity contribution in [2.45, 2.75) is 27.2 Å². The number of aliphatic hydroxyl groups excluding tert-OH is 1. The van der Waals surface area contributed by atoms with Gasteiger partial charge < -0.3 is 15.7 Å². The lowest BCUT2D eigenvalue weighted by molar-refractivity contribution is 0.171. The summed E-state index contributed by atoms with van der Waals surface area (Å²) < 4.78 is 0. The van der Waals surface area contributed by atoms with E-state index in [2.05, 4.69) is 33.6 Å². The van der Waals surface area contributed by atoms with Crippen LogP contribution < -0.4 is 10.6 Å². The van der Waals surface area contributed by atoms with Crippen molar-refractivity contribution in [3.63, 3.8) is 0 Å². The molecule has 2 aromatic rings. The van der Waals surface area contributed by atoms with Crippen LogP contribution in [-0.2, 0) is 6.42 Å². The molecule has 0 aliphatic carbocycles. The minimum atomic E-state index is -0.180. The van der Waals surface area contributed by atoms with Gasteiger partial charge in [0.25, 0.3) is 0 Å². The van der Waals surface area contributed by atoms with E-state index >= 15 is 0 Å². The number of thiophene rings is 1. The summed E-state index contributed by atoms with van der Waals surface area (Å²) >= 11 is 1.70. The second-order valence-electron chi connectivity index (χ2n) is 5.61. The van der Waals surface area contributed by atoms with Gasteiger partial charge in [-0.2, -0.15) is 4.98 Å². The Labute approximate surface area is 123 Å². The molecule has 2 aromatic heterocycles. The van der Waals surface area contributed by atoms with E-state index in [9.17, 15) is 5.11 Å². The van der Waals surface area contributed by atoms with Gasteiger partial charge in [0.1, 0.15) is 10.6 Å². The van der Waals surface area contributed by atoms with Gasteiger partial charge in [-0.15, -0.1) is 11.3 Å². The first-order valence-electron chi connectivity index (χ1n) is 6.82. The lowest BCUT2D eigenvalue weighted by Gasteiger charge is -2.22. The molecule has 0 spiro atoms. The van der Waals surface area contributed by atoms with Gasteiger partial charge in [0.05, 0.1) is 5.39 Å². The van der Waals surface area contributed by atoms with Gasteiger partial charge in [-0.05, 0) is 12.5 Å². The number of aryl methyl sites for hydroxylation is 1. The number of anilines is 2. The molecule has 3 N–H and O–H groups in total. The zero-order chi connectivity index (χ0) is 14.8. The maximum atomic E-state index is 9.35. The number of nitrogens with one attached hydrogen (secondary N) is 2. The lowest BCUT2D eigenvalue weighted by Crippen LogP contribution is -2.27. The molecule has 20 heavy (non-hydrogen) atoms. The van der Waals surface area contributed by atoms with E-state index in [1.54, 1.807) is 11.3 Å². The van der Waals surface area contributed by atoms with E-state index in [-0.39, 0.29) is 12.0 Å². The second-order valence-corrected chi connectivity index (χ2v) is 6.72. The zero-order valence-corrected chi connectivity index (χ0v) is 13.3. The van der Waals surface area contributed by atoms with Crippen LogP contribution in [0.15, 0.2) is 6.07 Å². The molecule has 110 valence electrons. The third-order valence-electron chi connectivity index (χ3n) is 3.18. The maximum absolute atomic E-state index is 9.35. The molecule has 2 heterocycles. The van der Waals surface area contributed by atoms with Crippen LogP contribution in [0.25, 0.3) is 10.2 Å². The fourth-order valence-electron chi connectivity index (χ4n) is 1.77. The summed E-state index contributed by atoms with van der Waals surface area (Å²) in [6.45, 7) is 6.97. The minimum Gasteiger partial charge on any atom is -0.396 e. The van der Waals surface area contributed by atoms with Gasteiger partial charge in [0, 0.05) is 30.5 Å². The van der Waals surface area contributed by atoms with E-state index in [1.165, 1.54) is 4.88 Å². The van der Waals surface area contributed by atoms with Gasteiger partial charge in [-0.25, -0.2) is 4.98 Å². The number of hydrogen-bond acceptors (Lipinski definition) is 6. The number of hydrogen-bond donors (Lipinski definition) is 3. The smallest absolute Gasteiger partial charge is 0.225 e. The average Bonchev–Trinajstić information content (AvgIpc) is 2.87. The van der Waals surface area contributed by atoms with Crippen molar-refractivity contribution >= 4 is 33.3 Å². The Morgan fingerprint density at radius 1 is 1.35 bits per heavy atom. The Kier molecular flexibility index (Phi) is 4.45. The number of fused-ring (bicyclic) bond motifs is 1. The van der Waals surface area contributed by atoms with Crippen LogP contribution in [0.5, 0.6) is 0 Å². The van der Waals surface area contributed by atoms with Gasteiger partial charge in [-0.1, -0.05) is 20.8 Å². The Morgan fingerprint density at radius 2 is 2.10 bits per heavy atom. The molecular weight excluding hydrogens is 272 g/mol. The fraction of sp³-hybridized carbons (Fsp3) is 0.571. The van der Waals surface area contributed by atoms with Crippen molar-refractivity contribution < 1.29 is 5.11 Å². The number of nitrogens with zero attached hydrogens (tertiary/aromatic N) is 2. The Balaban J connectivity index is 2.36. The molecule has 0 unspecified atom stereocenters. The summed E-state index contributed by atoms with van der Waals surface area (Å²) in [7, 11) is 1.82. The Morgan fingerprint density at radius 3 is 2.70 bits per heavy atom. The van der Waals surface area contributed by atoms with Crippen LogP contribution in [-0.4, -0.2) is 35.3 Å². The normalized spacial score (nSPS) is 11.8. The van der Waals surface area contributed by atoms with Gasteiger partial charge in [0.15, 0.2) is 0 Å². The molecule has 0 atom stereocenters. The highest BCUT2D eigenvalue weighted by atomic mass is 32.1. The van der Waals surface area contributed by atoms with Crippen LogP contribution in [0.4, 0.5) is 11.8 Å². The molecule has 0 aliphatic heterocycles. The largest absolute Gasteiger partial charge is 0.396 e. The number of aromatic nitrogens is 2. The topological polar surface area (TPSA) is 70.1 Å². The van der Waals surface area contributed by atoms with E-state index in [4.69, 9.17) is 0 Å². The van der Waals surface area contributed by atoms with Crippen molar-refractivity contribution in [3.05, 3.63) is 10.9 Å². The Hall–Kier alpha value is -1.40. The third-order valence-corrected chi connectivity index (χ3v) is 4.35. The highest BCUT2D eigenvalue weighted by Crippen LogP contribution is 2.30. The highest BCUT2D eigenvalue weighted by Gasteiger charge is 2.18. The van der Waals surface area contributed by atoms with Crippen molar-refractivity contribution in [3.8, 4) is 0 Å². The molecule has 0 saturated carbocycles. The maximum Gasteiger partial charge on any atom is 0.225 e. The van der Waals surface area contributed by atoms with Crippen molar-refractivity contribution in [1.29, 1.82) is 0 Å². The highest BCUT2D eigenvalue weighted by molar-refractivity contribution is 7.18. The molecule has 0 aromatic carbocycles. The Bertz CT molecular complexity index is 594. The molecule has 0 aliphatic rings. The second kappa shape index (κ2) is 5.93. The summed E-state index contributed by atoms with van der Waals surface area (Å²) in [5.74, 6) is 1.45. The first-order valence-corrected chi connectivity index (χ1v) is 7.63. The molecule has 5 nitrogen and oxygen atoms in total. The predicted octanol–water partition coefficient (Wildman–Crippen LogP) is 2.73. The molecule has 0 saturated heterocycles. The van der Waals surface area contributed by atoms with Gasteiger partial charge >= 0.3 is 0 Å². The summed E-state index contributed by atoms with van der Waals surface area (Å²) in [5.41, 5.74) is -0.180. The van der Waals surface area contributed by atoms with Gasteiger partial charge in [0.2, 0.25) is 5.95 Å². The average molecular weight is 294 g/mol. The zero-order valence-electron chi connectivity index (χ0n) is 12.4. The molecule has 0 bridgehead atoms. The molecule has 6 heteroatoms. The van der Waals surface area contributed by atoms with Crippen LogP contribution in [0, 0.1) is 5.41 Å². The lowest BCUT2D eigenvalue weighted by atomic mass is 9.95. The third kappa shape index (κ3) is 3.19. The number of aliphatic hydroxyl groups is 1. The summed E-state index contributed by atoms with van der Waals surface area (Å²) in [4.78, 5) is 11.3. The number of rotatable bonds is 6. The van der Waals surface area contributed by atoms with E-state index in [1.807, 2.05) is 20.9 Å². The summed E-state index contributed by atoms with van der Waals surface area (Å²) in [6.07, 6.45) is 0.998. The molecule has 2 rings (SSSR count). The van der Waals surface area contributed by atoms with Crippen LogP contribution in [0.1, 0.15) is 25.6 Å². The molecular formula is C14H22N4OS. The summed E-state index contributed by atoms with van der Waals surface area (Å²) in [6, 6.07) is 2.15. The van der Waals surface area contributed by atoms with Crippen molar-refractivity contribution in [2.75, 3.05) is 30.8 Å². The standard InChI is InChI=1S/C14H22N4OS/c1-5-9-6-10-11(16-7-14(2,3)8-19)17-13(15-4)18-12(10)20-9/h6,19H,5,7-8H2,1-4H3,(H2,15,16,17,18). The monoisotopic (exact) mass is 294 g/mol. The van der Waals surface area contributed by atoms with E-state index in [0.29, 0.717) is 12.5 Å².